The fourth-order valence-electron chi connectivity index (χ4n) is 3.43. The van der Waals surface area contributed by atoms with Crippen molar-refractivity contribution in [3.05, 3.63) is 82.2 Å². The van der Waals surface area contributed by atoms with Crippen LogP contribution < -0.4 is 15.0 Å². The molecule has 0 saturated carbocycles. The second kappa shape index (κ2) is 9.08. The molecule has 10 heteroatoms. The van der Waals surface area contributed by atoms with Gasteiger partial charge in [-0.25, -0.2) is 4.98 Å². The summed E-state index contributed by atoms with van der Waals surface area (Å²) in [4.78, 5) is 17.6. The maximum Gasteiger partial charge on any atom is 0.258 e. The molecule has 5 aromatic rings. The third-order valence-corrected chi connectivity index (χ3v) is 6.74. The summed E-state index contributed by atoms with van der Waals surface area (Å²) in [6, 6.07) is 16.9. The highest BCUT2D eigenvalue weighted by Crippen LogP contribution is 2.34. The molecule has 8 nitrogen and oxygen atoms in total. The molecular formula is C23H19N5O3S2. The zero-order chi connectivity index (χ0) is 22.8. The van der Waals surface area contributed by atoms with Gasteiger partial charge in [-0.05, 0) is 36.4 Å². The quantitative estimate of drug-likeness (QED) is 0.323. The molecule has 0 aliphatic carbocycles. The summed E-state index contributed by atoms with van der Waals surface area (Å²) in [7, 11) is 3.27. The van der Waals surface area contributed by atoms with E-state index >= 15 is 0 Å². The first kappa shape index (κ1) is 21.2. The zero-order valence-electron chi connectivity index (χ0n) is 17.8. The molecule has 3 aromatic heterocycles. The first-order valence-electron chi connectivity index (χ1n) is 10.00. The van der Waals surface area contributed by atoms with Gasteiger partial charge >= 0.3 is 0 Å². The van der Waals surface area contributed by atoms with Gasteiger partial charge in [0, 0.05) is 23.4 Å². The van der Waals surface area contributed by atoms with Crippen molar-refractivity contribution in [3.63, 3.8) is 0 Å². The molecule has 0 aliphatic rings. The van der Waals surface area contributed by atoms with Crippen LogP contribution >= 0.6 is 23.1 Å². The molecule has 0 radical (unpaired) electrons. The monoisotopic (exact) mass is 477 g/mol. The van der Waals surface area contributed by atoms with Crippen molar-refractivity contribution in [2.24, 2.45) is 0 Å². The van der Waals surface area contributed by atoms with Crippen molar-refractivity contribution in [2.45, 2.75) is 10.9 Å². The highest BCUT2D eigenvalue weighted by molar-refractivity contribution is 7.98. The average molecular weight is 478 g/mol. The molecule has 0 saturated heterocycles. The molecule has 0 atom stereocenters. The summed E-state index contributed by atoms with van der Waals surface area (Å²) < 4.78 is 14.4. The number of methoxy groups -OCH3 is 2. The number of ether oxygens (including phenoxy) is 2. The first-order valence-corrected chi connectivity index (χ1v) is 11.9. The van der Waals surface area contributed by atoms with Crippen molar-refractivity contribution in [1.82, 2.24) is 24.1 Å². The van der Waals surface area contributed by atoms with E-state index in [4.69, 9.17) is 9.47 Å². The average Bonchev–Trinajstić information content (AvgIpc) is 3.50. The Balaban J connectivity index is 1.56. The minimum Gasteiger partial charge on any atom is -0.497 e. The number of hydrogen-bond acceptors (Lipinski definition) is 8. The van der Waals surface area contributed by atoms with E-state index in [0.717, 1.165) is 17.0 Å². The minimum atomic E-state index is -0.0943. The van der Waals surface area contributed by atoms with Gasteiger partial charge in [0.2, 0.25) is 0 Å². The van der Waals surface area contributed by atoms with Gasteiger partial charge in [-0.2, -0.15) is 0 Å². The van der Waals surface area contributed by atoms with Gasteiger partial charge in [-0.3, -0.25) is 13.8 Å². The van der Waals surface area contributed by atoms with Crippen molar-refractivity contribution >= 4 is 28.1 Å². The number of nitrogens with zero attached hydrogens (tertiary/aromatic N) is 5. The second-order valence-corrected chi connectivity index (χ2v) is 8.79. The molecule has 0 fully saturated rings. The Labute approximate surface area is 197 Å². The van der Waals surface area contributed by atoms with Crippen LogP contribution in [0.5, 0.6) is 11.5 Å². The fraction of sp³-hybridized carbons (Fsp3) is 0.130. The van der Waals surface area contributed by atoms with E-state index < -0.39 is 0 Å². The molecule has 3 heterocycles. The van der Waals surface area contributed by atoms with E-state index in [1.807, 2.05) is 58.5 Å². The van der Waals surface area contributed by atoms with Crippen molar-refractivity contribution in [1.29, 1.82) is 0 Å². The van der Waals surface area contributed by atoms with Crippen LogP contribution in [0, 0.1) is 0 Å². The van der Waals surface area contributed by atoms with Crippen LogP contribution in [-0.4, -0.2) is 38.4 Å². The zero-order valence-corrected chi connectivity index (χ0v) is 19.5. The van der Waals surface area contributed by atoms with Crippen LogP contribution in [0.3, 0.4) is 0 Å². The molecule has 0 unspecified atom stereocenters. The Morgan fingerprint density at radius 2 is 1.85 bits per heavy atom. The Morgan fingerprint density at radius 3 is 2.64 bits per heavy atom. The summed E-state index contributed by atoms with van der Waals surface area (Å²) >= 11 is 2.89. The number of thioether (sulfide) groups is 1. The number of rotatable bonds is 7. The highest BCUT2D eigenvalue weighted by atomic mass is 32.2. The van der Waals surface area contributed by atoms with Gasteiger partial charge in [-0.15, -0.1) is 21.5 Å². The van der Waals surface area contributed by atoms with Crippen LogP contribution in [0.25, 0.3) is 22.0 Å². The van der Waals surface area contributed by atoms with Crippen LogP contribution in [0.15, 0.2) is 76.1 Å². The van der Waals surface area contributed by atoms with Crippen molar-refractivity contribution < 1.29 is 9.47 Å². The van der Waals surface area contributed by atoms with Gasteiger partial charge in [-0.1, -0.05) is 23.9 Å². The predicted molar refractivity (Wildman–Crippen MR) is 129 cm³/mol. The molecular weight excluding hydrogens is 458 g/mol. The number of thiazole rings is 1. The molecule has 0 spiro atoms. The Morgan fingerprint density at radius 1 is 1.03 bits per heavy atom. The summed E-state index contributed by atoms with van der Waals surface area (Å²) in [5.41, 5.74) is 2.30. The van der Waals surface area contributed by atoms with Gasteiger partial charge in [0.05, 0.1) is 31.2 Å². The standard InChI is InChI=1S/C23H19N5O3S2/c1-30-17-9-7-16(8-10-17)28-21(18-5-3-4-6-19(18)31-2)25-26-23(28)33-14-15-13-20(29)27-11-12-32-22(27)24-15/h3-13H,14H2,1-2H3. The van der Waals surface area contributed by atoms with Crippen molar-refractivity contribution in [2.75, 3.05) is 14.2 Å². The lowest BCUT2D eigenvalue weighted by molar-refractivity contribution is 0.414. The summed E-state index contributed by atoms with van der Waals surface area (Å²) in [6.45, 7) is 0. The topological polar surface area (TPSA) is 83.5 Å². The molecule has 5 rings (SSSR count). The lowest BCUT2D eigenvalue weighted by Crippen LogP contribution is -2.12. The third kappa shape index (κ3) is 4.10. The number of para-hydroxylation sites is 1. The van der Waals surface area contributed by atoms with Crippen LogP contribution in [0.1, 0.15) is 5.69 Å². The maximum atomic E-state index is 12.3. The fourth-order valence-corrected chi connectivity index (χ4v) is 5.01. The lowest BCUT2D eigenvalue weighted by atomic mass is 10.2. The van der Waals surface area contributed by atoms with Crippen molar-refractivity contribution in [3.8, 4) is 28.6 Å². The second-order valence-electron chi connectivity index (χ2n) is 6.97. The Hall–Kier alpha value is -3.63. The smallest absolute Gasteiger partial charge is 0.258 e. The summed E-state index contributed by atoms with van der Waals surface area (Å²) in [5.74, 6) is 2.59. The van der Waals surface area contributed by atoms with Gasteiger partial charge in [0.1, 0.15) is 11.5 Å². The highest BCUT2D eigenvalue weighted by Gasteiger charge is 2.19. The van der Waals surface area contributed by atoms with E-state index in [9.17, 15) is 4.79 Å². The molecule has 0 N–H and O–H groups in total. The van der Waals surface area contributed by atoms with Gasteiger partial charge in [0.15, 0.2) is 15.9 Å². The van der Waals surface area contributed by atoms with Gasteiger partial charge < -0.3 is 9.47 Å². The molecule has 0 aliphatic heterocycles. The summed E-state index contributed by atoms with van der Waals surface area (Å²) in [5, 5.41) is 11.5. The van der Waals surface area contributed by atoms with Crippen LogP contribution in [0.2, 0.25) is 0 Å². The summed E-state index contributed by atoms with van der Waals surface area (Å²) in [6.07, 6.45) is 1.73. The number of aromatic nitrogens is 5. The molecule has 33 heavy (non-hydrogen) atoms. The first-order chi connectivity index (χ1) is 16.2. The largest absolute Gasteiger partial charge is 0.497 e. The Bertz CT molecular complexity index is 1470. The SMILES string of the molecule is COc1ccc(-n2c(SCc3cc(=O)n4ccsc4n3)nnc2-c2ccccc2OC)cc1. The predicted octanol–water partition coefficient (Wildman–Crippen LogP) is 4.31. The number of benzene rings is 2. The number of fused-ring (bicyclic) bond motifs is 1. The van der Waals surface area contributed by atoms with E-state index in [-0.39, 0.29) is 5.56 Å². The van der Waals surface area contributed by atoms with E-state index in [1.165, 1.54) is 23.1 Å². The van der Waals surface area contributed by atoms with Crippen LogP contribution in [-0.2, 0) is 5.75 Å². The molecule has 0 amide bonds. The minimum absolute atomic E-state index is 0.0943. The van der Waals surface area contributed by atoms with E-state index in [2.05, 4.69) is 15.2 Å². The van der Waals surface area contributed by atoms with Crippen LogP contribution in [0.4, 0.5) is 0 Å². The lowest BCUT2D eigenvalue weighted by Gasteiger charge is -2.13. The molecule has 2 aromatic carbocycles. The molecule has 166 valence electrons. The molecule has 0 bridgehead atoms. The number of hydrogen-bond donors (Lipinski definition) is 0. The third-order valence-electron chi connectivity index (χ3n) is 5.02. The van der Waals surface area contributed by atoms with Gasteiger partial charge in [0.25, 0.3) is 5.56 Å². The normalized spacial score (nSPS) is 11.1. The Kier molecular flexibility index (Phi) is 5.84. The maximum absolute atomic E-state index is 12.3. The van der Waals surface area contributed by atoms with E-state index in [0.29, 0.717) is 33.1 Å². The van der Waals surface area contributed by atoms with E-state index in [1.54, 1.807) is 30.9 Å².